The van der Waals surface area contributed by atoms with Gasteiger partial charge in [0.15, 0.2) is 0 Å². The molecular weight excluding hydrogens is 258 g/mol. The molecule has 2 aromatic rings. The van der Waals surface area contributed by atoms with Crippen molar-refractivity contribution in [1.29, 1.82) is 0 Å². The van der Waals surface area contributed by atoms with Crippen molar-refractivity contribution in [1.82, 2.24) is 15.1 Å². The van der Waals surface area contributed by atoms with Crippen molar-refractivity contribution < 1.29 is 0 Å². The van der Waals surface area contributed by atoms with Crippen LogP contribution >= 0.6 is 11.6 Å². The lowest BCUT2D eigenvalue weighted by atomic mass is 9.97. The maximum absolute atomic E-state index is 5.97. The van der Waals surface area contributed by atoms with E-state index in [1.807, 2.05) is 23.9 Å². The van der Waals surface area contributed by atoms with Gasteiger partial charge in [0.1, 0.15) is 0 Å². The van der Waals surface area contributed by atoms with Crippen molar-refractivity contribution in [3.63, 3.8) is 0 Å². The van der Waals surface area contributed by atoms with Crippen molar-refractivity contribution in [2.45, 2.75) is 26.8 Å². The van der Waals surface area contributed by atoms with Gasteiger partial charge in [0.05, 0.1) is 11.7 Å². The number of hydrogen-bond donors (Lipinski definition) is 1. The Balaban J connectivity index is 2.48. The Morgan fingerprint density at radius 2 is 1.89 bits per heavy atom. The van der Waals surface area contributed by atoms with E-state index in [2.05, 4.69) is 43.3 Å². The fourth-order valence-corrected chi connectivity index (χ4v) is 2.58. The first-order valence-corrected chi connectivity index (χ1v) is 6.91. The Labute approximate surface area is 119 Å². The van der Waals surface area contributed by atoms with Crippen molar-refractivity contribution in [2.75, 3.05) is 6.54 Å². The molecule has 1 N–H and O–H groups in total. The third-order valence-electron chi connectivity index (χ3n) is 3.47. The molecule has 0 radical (unpaired) electrons. The SMILES string of the molecule is CCNC(c1ccc(Cl)cc1)c1c(C)nn(C)c1C. The predicted octanol–water partition coefficient (Wildman–Crippen LogP) is 3.39. The predicted molar refractivity (Wildman–Crippen MR) is 79.7 cm³/mol. The Hall–Kier alpha value is -1.32. The van der Waals surface area contributed by atoms with Gasteiger partial charge in [-0.05, 0) is 38.1 Å². The van der Waals surface area contributed by atoms with Crippen LogP contribution in [0, 0.1) is 13.8 Å². The van der Waals surface area contributed by atoms with E-state index in [1.54, 1.807) is 0 Å². The highest BCUT2D eigenvalue weighted by molar-refractivity contribution is 6.30. The van der Waals surface area contributed by atoms with E-state index < -0.39 is 0 Å². The van der Waals surface area contributed by atoms with Crippen LogP contribution in [0.1, 0.15) is 35.5 Å². The molecule has 1 atom stereocenters. The van der Waals surface area contributed by atoms with Gasteiger partial charge in [-0.1, -0.05) is 30.7 Å². The average molecular weight is 278 g/mol. The number of benzene rings is 1. The molecule has 0 saturated heterocycles. The van der Waals surface area contributed by atoms with Gasteiger partial charge in [-0.15, -0.1) is 0 Å². The first-order valence-electron chi connectivity index (χ1n) is 6.53. The summed E-state index contributed by atoms with van der Waals surface area (Å²) in [7, 11) is 1.98. The Morgan fingerprint density at radius 3 is 2.37 bits per heavy atom. The summed E-state index contributed by atoms with van der Waals surface area (Å²) in [6.45, 7) is 7.18. The van der Waals surface area contributed by atoms with Crippen molar-refractivity contribution in [3.05, 3.63) is 51.8 Å². The van der Waals surface area contributed by atoms with Crippen molar-refractivity contribution in [2.24, 2.45) is 7.05 Å². The van der Waals surface area contributed by atoms with Crippen molar-refractivity contribution in [3.8, 4) is 0 Å². The highest BCUT2D eigenvalue weighted by Crippen LogP contribution is 2.28. The van der Waals surface area contributed by atoms with E-state index in [1.165, 1.54) is 16.8 Å². The normalized spacial score (nSPS) is 12.7. The summed E-state index contributed by atoms with van der Waals surface area (Å²) >= 11 is 5.97. The molecule has 1 heterocycles. The molecule has 0 fully saturated rings. The van der Waals surface area contributed by atoms with Crippen LogP contribution in [0.2, 0.25) is 5.02 Å². The number of aryl methyl sites for hydroxylation is 2. The molecule has 3 nitrogen and oxygen atoms in total. The van der Waals surface area contributed by atoms with E-state index in [0.717, 1.165) is 17.3 Å². The molecule has 0 aliphatic carbocycles. The first-order chi connectivity index (χ1) is 9.04. The number of rotatable bonds is 4. The minimum Gasteiger partial charge on any atom is -0.306 e. The van der Waals surface area contributed by atoms with E-state index in [0.29, 0.717) is 0 Å². The van der Waals surface area contributed by atoms with Crippen LogP contribution in [0.15, 0.2) is 24.3 Å². The summed E-state index contributed by atoms with van der Waals surface area (Å²) in [6.07, 6.45) is 0. The standard InChI is InChI=1S/C15H20ClN3/c1-5-17-15(12-6-8-13(16)9-7-12)14-10(2)18-19(4)11(14)3/h6-9,15,17H,5H2,1-4H3. The number of nitrogens with one attached hydrogen (secondary N) is 1. The molecule has 1 unspecified atom stereocenters. The molecule has 4 heteroatoms. The fourth-order valence-electron chi connectivity index (χ4n) is 2.45. The highest BCUT2D eigenvalue weighted by atomic mass is 35.5. The average Bonchev–Trinajstić information content (AvgIpc) is 2.62. The second kappa shape index (κ2) is 5.76. The van der Waals surface area contributed by atoms with Crippen molar-refractivity contribution >= 4 is 11.6 Å². The fraction of sp³-hybridized carbons (Fsp3) is 0.400. The molecule has 1 aromatic heterocycles. The number of hydrogen-bond acceptors (Lipinski definition) is 2. The molecule has 19 heavy (non-hydrogen) atoms. The summed E-state index contributed by atoms with van der Waals surface area (Å²) in [6, 6.07) is 8.17. The molecule has 2 rings (SSSR count). The maximum atomic E-state index is 5.97. The zero-order valence-corrected chi connectivity index (χ0v) is 12.6. The van der Waals surface area contributed by atoms with Crippen LogP contribution in [0.5, 0.6) is 0 Å². The van der Waals surface area contributed by atoms with Crippen LogP contribution < -0.4 is 5.32 Å². The Bertz CT molecular complexity index is 558. The monoisotopic (exact) mass is 277 g/mol. The summed E-state index contributed by atoms with van der Waals surface area (Å²) < 4.78 is 1.94. The molecule has 0 saturated carbocycles. The van der Waals surface area contributed by atoms with Gasteiger partial charge >= 0.3 is 0 Å². The van der Waals surface area contributed by atoms with Gasteiger partial charge < -0.3 is 5.32 Å². The highest BCUT2D eigenvalue weighted by Gasteiger charge is 2.20. The molecule has 0 bridgehead atoms. The van der Waals surface area contributed by atoms with Gasteiger partial charge in [-0.3, -0.25) is 4.68 Å². The van der Waals surface area contributed by atoms with Crippen LogP contribution in [0.3, 0.4) is 0 Å². The zero-order valence-electron chi connectivity index (χ0n) is 11.9. The van der Waals surface area contributed by atoms with Crippen LogP contribution in [-0.4, -0.2) is 16.3 Å². The summed E-state index contributed by atoms with van der Waals surface area (Å²) in [5.41, 5.74) is 4.73. The second-order valence-electron chi connectivity index (χ2n) is 4.75. The number of aromatic nitrogens is 2. The van der Waals surface area contributed by atoms with Crippen LogP contribution in [0.4, 0.5) is 0 Å². The van der Waals surface area contributed by atoms with E-state index in [-0.39, 0.29) is 6.04 Å². The minimum atomic E-state index is 0.163. The Kier molecular flexibility index (Phi) is 4.27. The lowest BCUT2D eigenvalue weighted by Crippen LogP contribution is -2.23. The first kappa shape index (κ1) is 14.1. The number of nitrogens with zero attached hydrogens (tertiary/aromatic N) is 2. The van der Waals surface area contributed by atoms with Crippen LogP contribution in [0.25, 0.3) is 0 Å². The van der Waals surface area contributed by atoms with Gasteiger partial charge in [0, 0.05) is 23.3 Å². The van der Waals surface area contributed by atoms with E-state index in [4.69, 9.17) is 11.6 Å². The molecule has 102 valence electrons. The van der Waals surface area contributed by atoms with Gasteiger partial charge in [0.2, 0.25) is 0 Å². The smallest absolute Gasteiger partial charge is 0.0647 e. The summed E-state index contributed by atoms with van der Waals surface area (Å²) in [5, 5.41) is 8.80. The molecule has 0 aliphatic heterocycles. The topological polar surface area (TPSA) is 29.9 Å². The lowest BCUT2D eigenvalue weighted by Gasteiger charge is -2.19. The third kappa shape index (κ3) is 2.82. The summed E-state index contributed by atoms with van der Waals surface area (Å²) in [4.78, 5) is 0. The molecule has 0 amide bonds. The van der Waals surface area contributed by atoms with Gasteiger partial charge in [-0.25, -0.2) is 0 Å². The zero-order chi connectivity index (χ0) is 14.0. The second-order valence-corrected chi connectivity index (χ2v) is 5.19. The molecule has 0 spiro atoms. The van der Waals surface area contributed by atoms with Gasteiger partial charge in [-0.2, -0.15) is 5.10 Å². The third-order valence-corrected chi connectivity index (χ3v) is 3.72. The van der Waals surface area contributed by atoms with E-state index in [9.17, 15) is 0 Å². The Morgan fingerprint density at radius 1 is 1.26 bits per heavy atom. The maximum Gasteiger partial charge on any atom is 0.0647 e. The minimum absolute atomic E-state index is 0.163. The van der Waals surface area contributed by atoms with E-state index >= 15 is 0 Å². The number of halogens is 1. The molecule has 1 aromatic carbocycles. The van der Waals surface area contributed by atoms with Gasteiger partial charge in [0.25, 0.3) is 0 Å². The quantitative estimate of drug-likeness (QED) is 0.928. The lowest BCUT2D eigenvalue weighted by molar-refractivity contribution is 0.623. The molecular formula is C15H20ClN3. The molecule has 0 aliphatic rings. The largest absolute Gasteiger partial charge is 0.306 e. The van der Waals surface area contributed by atoms with Crippen LogP contribution in [-0.2, 0) is 7.05 Å². The summed E-state index contributed by atoms with van der Waals surface area (Å²) in [5.74, 6) is 0.